The van der Waals surface area contributed by atoms with Crippen LogP contribution in [0.4, 0.5) is 0 Å². The van der Waals surface area contributed by atoms with Crippen molar-refractivity contribution in [1.82, 2.24) is 10.0 Å². The van der Waals surface area contributed by atoms with Gasteiger partial charge in [-0.15, -0.1) is 0 Å². The van der Waals surface area contributed by atoms with E-state index in [0.717, 1.165) is 36.5 Å². The molecule has 4 N–H and O–H groups in total. The average molecular weight is 418 g/mol. The van der Waals surface area contributed by atoms with Gasteiger partial charge in [-0.25, -0.2) is 8.42 Å². The zero-order chi connectivity index (χ0) is 21.1. The third-order valence-electron chi connectivity index (χ3n) is 5.57. The number of hydrogen-bond donors (Lipinski definition) is 3. The number of rotatable bonds is 8. The lowest BCUT2D eigenvalue weighted by Crippen LogP contribution is -2.61. The fraction of sp³-hybridized carbons (Fsp3) is 0.429. The van der Waals surface area contributed by atoms with E-state index in [1.165, 1.54) is 6.07 Å². The second-order valence-corrected chi connectivity index (χ2v) is 9.33. The van der Waals surface area contributed by atoms with Crippen molar-refractivity contribution >= 4 is 32.6 Å². The minimum atomic E-state index is -4.06. The van der Waals surface area contributed by atoms with Crippen LogP contribution in [0.5, 0.6) is 0 Å². The van der Waals surface area contributed by atoms with E-state index in [0.29, 0.717) is 0 Å². The van der Waals surface area contributed by atoms with Crippen LogP contribution in [0.2, 0.25) is 0 Å². The molecule has 0 aromatic heterocycles. The highest BCUT2D eigenvalue weighted by Crippen LogP contribution is 2.25. The summed E-state index contributed by atoms with van der Waals surface area (Å²) in [7, 11) is -4.06. The van der Waals surface area contributed by atoms with Gasteiger partial charge in [0, 0.05) is 6.04 Å². The van der Waals surface area contributed by atoms with Crippen molar-refractivity contribution in [3.8, 4) is 0 Å². The Morgan fingerprint density at radius 3 is 2.38 bits per heavy atom. The minimum absolute atomic E-state index is 0.00789. The summed E-state index contributed by atoms with van der Waals surface area (Å²) in [6, 6.07) is 12.1. The second kappa shape index (κ2) is 8.51. The van der Waals surface area contributed by atoms with E-state index >= 15 is 0 Å². The first-order chi connectivity index (χ1) is 13.8. The summed E-state index contributed by atoms with van der Waals surface area (Å²) >= 11 is 0. The first-order valence-electron chi connectivity index (χ1n) is 9.88. The number of sulfonamides is 1. The number of hydrogen-bond acceptors (Lipinski definition) is 4. The SMILES string of the molecule is CCC(CC(N)=O)(NS(=O)(=O)c1ccc2ccccc2c1)C(=O)NC1CCCC1. The van der Waals surface area contributed by atoms with Crippen molar-refractivity contribution in [2.24, 2.45) is 5.73 Å². The Morgan fingerprint density at radius 1 is 1.10 bits per heavy atom. The number of primary amides is 1. The number of carbonyl (C=O) groups is 2. The smallest absolute Gasteiger partial charge is 0.242 e. The molecule has 29 heavy (non-hydrogen) atoms. The molecule has 2 aromatic carbocycles. The predicted octanol–water partition coefficient (Wildman–Crippen LogP) is 2.20. The van der Waals surface area contributed by atoms with Crippen molar-refractivity contribution in [3.05, 3.63) is 42.5 Å². The van der Waals surface area contributed by atoms with Gasteiger partial charge in [-0.3, -0.25) is 9.59 Å². The van der Waals surface area contributed by atoms with Crippen LogP contribution in [-0.4, -0.2) is 31.8 Å². The molecule has 2 amide bonds. The Bertz CT molecular complexity index is 1020. The van der Waals surface area contributed by atoms with Gasteiger partial charge in [0.1, 0.15) is 5.54 Å². The van der Waals surface area contributed by atoms with Crippen LogP contribution >= 0.6 is 0 Å². The first-order valence-corrected chi connectivity index (χ1v) is 11.4. The van der Waals surface area contributed by atoms with Crippen LogP contribution in [0, 0.1) is 0 Å². The summed E-state index contributed by atoms with van der Waals surface area (Å²) in [6.45, 7) is 1.67. The lowest BCUT2D eigenvalue weighted by atomic mass is 9.91. The quantitative estimate of drug-likeness (QED) is 0.610. The van der Waals surface area contributed by atoms with E-state index in [1.807, 2.05) is 24.3 Å². The molecule has 2 aromatic rings. The molecule has 0 heterocycles. The molecule has 7 nitrogen and oxygen atoms in total. The molecular formula is C21H27N3O4S. The Balaban J connectivity index is 1.93. The zero-order valence-corrected chi connectivity index (χ0v) is 17.3. The molecule has 156 valence electrons. The van der Waals surface area contributed by atoms with E-state index in [4.69, 9.17) is 5.73 Å². The van der Waals surface area contributed by atoms with Gasteiger partial charge in [-0.1, -0.05) is 50.1 Å². The van der Waals surface area contributed by atoms with Gasteiger partial charge >= 0.3 is 0 Å². The molecule has 8 heteroatoms. The second-order valence-electron chi connectivity index (χ2n) is 7.65. The van der Waals surface area contributed by atoms with Crippen LogP contribution in [0.25, 0.3) is 10.8 Å². The van der Waals surface area contributed by atoms with E-state index in [-0.39, 0.29) is 17.4 Å². The van der Waals surface area contributed by atoms with Gasteiger partial charge in [-0.2, -0.15) is 4.72 Å². The maximum absolute atomic E-state index is 13.1. The molecule has 0 radical (unpaired) electrons. The molecule has 1 saturated carbocycles. The Labute approximate surface area is 171 Å². The van der Waals surface area contributed by atoms with Gasteiger partial charge in [0.2, 0.25) is 21.8 Å². The summed E-state index contributed by atoms with van der Waals surface area (Å²) in [6.07, 6.45) is 3.42. The van der Waals surface area contributed by atoms with Crippen LogP contribution in [0.1, 0.15) is 45.4 Å². The molecule has 1 aliphatic rings. The fourth-order valence-electron chi connectivity index (χ4n) is 3.86. The third kappa shape index (κ3) is 4.76. The topological polar surface area (TPSA) is 118 Å². The summed E-state index contributed by atoms with van der Waals surface area (Å²) in [5.74, 6) is -1.25. The molecule has 1 atom stereocenters. The summed E-state index contributed by atoms with van der Waals surface area (Å²) in [5, 5.41) is 4.58. The molecule has 1 aliphatic carbocycles. The molecule has 3 rings (SSSR count). The van der Waals surface area contributed by atoms with E-state index in [9.17, 15) is 18.0 Å². The van der Waals surface area contributed by atoms with Gasteiger partial charge in [-0.05, 0) is 42.2 Å². The number of nitrogens with two attached hydrogens (primary N) is 1. The monoisotopic (exact) mass is 417 g/mol. The normalized spacial score (nSPS) is 17.1. The first kappa shape index (κ1) is 21.3. The van der Waals surface area contributed by atoms with Crippen molar-refractivity contribution in [1.29, 1.82) is 0 Å². The highest BCUT2D eigenvalue weighted by atomic mass is 32.2. The highest BCUT2D eigenvalue weighted by molar-refractivity contribution is 7.89. The van der Waals surface area contributed by atoms with Gasteiger partial charge < -0.3 is 11.1 Å². The molecular weight excluding hydrogens is 390 g/mol. The van der Waals surface area contributed by atoms with Crippen molar-refractivity contribution in [2.45, 2.75) is 61.9 Å². The van der Waals surface area contributed by atoms with E-state index in [1.54, 1.807) is 19.1 Å². The molecule has 0 saturated heterocycles. The van der Waals surface area contributed by atoms with Crippen LogP contribution < -0.4 is 15.8 Å². The van der Waals surface area contributed by atoms with Gasteiger partial charge in [0.25, 0.3) is 0 Å². The van der Waals surface area contributed by atoms with Crippen molar-refractivity contribution < 1.29 is 18.0 Å². The summed E-state index contributed by atoms with van der Waals surface area (Å²) in [4.78, 5) is 24.8. The predicted molar refractivity (Wildman–Crippen MR) is 112 cm³/mol. The lowest BCUT2D eigenvalue weighted by molar-refractivity contribution is -0.132. The minimum Gasteiger partial charge on any atom is -0.370 e. The molecule has 1 unspecified atom stereocenters. The van der Waals surface area contributed by atoms with Crippen molar-refractivity contribution in [3.63, 3.8) is 0 Å². The largest absolute Gasteiger partial charge is 0.370 e. The molecule has 0 aliphatic heterocycles. The number of benzene rings is 2. The standard InChI is InChI=1S/C21H27N3O4S/c1-2-21(14-19(22)25,20(26)23-17-9-5-6-10-17)24-29(27,28)18-12-11-15-7-3-4-8-16(15)13-18/h3-4,7-8,11-13,17,24H,2,5-6,9-10,14H2,1H3,(H2,22,25)(H,23,26). The average Bonchev–Trinajstić information content (AvgIpc) is 3.19. The zero-order valence-electron chi connectivity index (χ0n) is 16.5. The number of carbonyl (C=O) groups excluding carboxylic acids is 2. The molecule has 0 spiro atoms. The van der Waals surface area contributed by atoms with Crippen LogP contribution in [-0.2, 0) is 19.6 Å². The summed E-state index contributed by atoms with van der Waals surface area (Å²) < 4.78 is 28.8. The van der Waals surface area contributed by atoms with Crippen LogP contribution in [0.15, 0.2) is 47.4 Å². The third-order valence-corrected chi connectivity index (χ3v) is 7.10. The van der Waals surface area contributed by atoms with Crippen molar-refractivity contribution in [2.75, 3.05) is 0 Å². The molecule has 1 fully saturated rings. The van der Waals surface area contributed by atoms with Gasteiger partial charge in [0.05, 0.1) is 11.3 Å². The summed E-state index contributed by atoms with van der Waals surface area (Å²) in [5.41, 5.74) is 3.75. The number of nitrogens with one attached hydrogen (secondary N) is 2. The van der Waals surface area contributed by atoms with Crippen LogP contribution in [0.3, 0.4) is 0 Å². The Hall–Kier alpha value is -2.45. The van der Waals surface area contributed by atoms with E-state index < -0.39 is 33.8 Å². The van der Waals surface area contributed by atoms with Gasteiger partial charge in [0.15, 0.2) is 0 Å². The van der Waals surface area contributed by atoms with E-state index in [2.05, 4.69) is 10.0 Å². The molecule has 0 bridgehead atoms. The fourth-order valence-corrected chi connectivity index (χ4v) is 5.33. The highest BCUT2D eigenvalue weighted by Gasteiger charge is 2.43. The maximum atomic E-state index is 13.1. The lowest BCUT2D eigenvalue weighted by Gasteiger charge is -2.32. The number of fused-ring (bicyclic) bond motifs is 1. The Morgan fingerprint density at radius 2 is 1.76 bits per heavy atom. The Kier molecular flexibility index (Phi) is 6.24. The maximum Gasteiger partial charge on any atom is 0.242 e. The number of amides is 2.